The van der Waals surface area contributed by atoms with E-state index in [1.807, 2.05) is 0 Å². The second-order valence-electron chi connectivity index (χ2n) is 5.52. The average Bonchev–Trinajstić information content (AvgIpc) is 2.63. The molecule has 0 bridgehead atoms. The molecule has 1 aliphatic carbocycles. The molecule has 0 aliphatic heterocycles. The zero-order valence-electron chi connectivity index (χ0n) is 10.3. The van der Waals surface area contributed by atoms with E-state index in [0.717, 1.165) is 18.7 Å². The molecule has 0 amide bonds. The fourth-order valence-corrected chi connectivity index (χ4v) is 3.62. The summed E-state index contributed by atoms with van der Waals surface area (Å²) in [6.45, 7) is 7.49. The van der Waals surface area contributed by atoms with Gasteiger partial charge in [0, 0.05) is 27.3 Å². The van der Waals surface area contributed by atoms with Crippen LogP contribution in [0.3, 0.4) is 0 Å². The van der Waals surface area contributed by atoms with E-state index < -0.39 is 10.8 Å². The minimum Gasteiger partial charge on any atom is -0.312 e. The predicted octanol–water partition coefficient (Wildman–Crippen LogP) is 2.46. The van der Waals surface area contributed by atoms with Crippen LogP contribution in [-0.4, -0.2) is 27.3 Å². The highest BCUT2D eigenvalue weighted by Gasteiger charge is 2.20. The molecule has 1 N–H and O–H groups in total. The monoisotopic (exact) mass is 231 g/mol. The SMILES string of the molecule is CC(C)(C)NCCCS(=O)C1CCCC1. The number of hydrogen-bond donors (Lipinski definition) is 1. The van der Waals surface area contributed by atoms with Crippen molar-refractivity contribution in [1.29, 1.82) is 0 Å². The largest absolute Gasteiger partial charge is 0.312 e. The van der Waals surface area contributed by atoms with Crippen molar-refractivity contribution in [3.63, 3.8) is 0 Å². The Morgan fingerprint density at radius 2 is 1.87 bits per heavy atom. The van der Waals surface area contributed by atoms with E-state index in [-0.39, 0.29) is 5.54 Å². The molecule has 1 unspecified atom stereocenters. The first-order valence-corrected chi connectivity index (χ1v) is 7.49. The summed E-state index contributed by atoms with van der Waals surface area (Å²) in [4.78, 5) is 0. The summed E-state index contributed by atoms with van der Waals surface area (Å²) in [6, 6.07) is 0. The topological polar surface area (TPSA) is 29.1 Å². The fraction of sp³-hybridized carbons (Fsp3) is 1.00. The van der Waals surface area contributed by atoms with Crippen molar-refractivity contribution >= 4 is 10.8 Å². The summed E-state index contributed by atoms with van der Waals surface area (Å²) in [5, 5.41) is 3.95. The molecule has 1 fully saturated rings. The van der Waals surface area contributed by atoms with Crippen molar-refractivity contribution in [3.8, 4) is 0 Å². The van der Waals surface area contributed by atoms with E-state index in [4.69, 9.17) is 0 Å². The Balaban J connectivity index is 2.07. The Kier molecular flexibility index (Phi) is 5.27. The summed E-state index contributed by atoms with van der Waals surface area (Å²) in [5.41, 5.74) is 0.189. The highest BCUT2D eigenvalue weighted by Crippen LogP contribution is 2.23. The zero-order valence-corrected chi connectivity index (χ0v) is 11.2. The second-order valence-corrected chi connectivity index (χ2v) is 7.36. The van der Waals surface area contributed by atoms with E-state index in [2.05, 4.69) is 26.1 Å². The molecule has 15 heavy (non-hydrogen) atoms. The van der Waals surface area contributed by atoms with Gasteiger partial charge in [-0.2, -0.15) is 0 Å². The third kappa shape index (κ3) is 5.67. The first kappa shape index (κ1) is 13.2. The number of hydrogen-bond acceptors (Lipinski definition) is 2. The van der Waals surface area contributed by atoms with Gasteiger partial charge in [-0.25, -0.2) is 0 Å². The van der Waals surface area contributed by atoms with Gasteiger partial charge < -0.3 is 5.32 Å². The summed E-state index contributed by atoms with van der Waals surface area (Å²) >= 11 is 0. The summed E-state index contributed by atoms with van der Waals surface area (Å²) in [7, 11) is -0.564. The van der Waals surface area contributed by atoms with Gasteiger partial charge in [-0.15, -0.1) is 0 Å². The van der Waals surface area contributed by atoms with Gasteiger partial charge in [-0.05, 0) is 46.6 Å². The molecule has 0 aromatic rings. The Bertz CT molecular complexity index is 204. The molecule has 0 saturated heterocycles. The van der Waals surface area contributed by atoms with Gasteiger partial charge in [0.15, 0.2) is 0 Å². The minimum atomic E-state index is -0.564. The van der Waals surface area contributed by atoms with E-state index >= 15 is 0 Å². The van der Waals surface area contributed by atoms with Crippen LogP contribution < -0.4 is 5.32 Å². The molecular formula is C12H25NOS. The van der Waals surface area contributed by atoms with E-state index in [1.54, 1.807) is 0 Å². The Hall–Kier alpha value is 0.110. The maximum Gasteiger partial charge on any atom is 0.0348 e. The smallest absolute Gasteiger partial charge is 0.0348 e. The van der Waals surface area contributed by atoms with Crippen LogP contribution in [0, 0.1) is 0 Å². The van der Waals surface area contributed by atoms with Gasteiger partial charge in [-0.1, -0.05) is 12.8 Å². The summed E-state index contributed by atoms with van der Waals surface area (Å²) in [6.07, 6.45) is 6.01. The quantitative estimate of drug-likeness (QED) is 0.736. The fourth-order valence-electron chi connectivity index (χ4n) is 2.00. The molecule has 3 heteroatoms. The zero-order chi connectivity index (χ0) is 11.3. The first-order chi connectivity index (χ1) is 6.99. The number of nitrogens with one attached hydrogen (secondary N) is 1. The van der Waals surface area contributed by atoms with Gasteiger partial charge in [0.1, 0.15) is 0 Å². The minimum absolute atomic E-state index is 0.189. The Morgan fingerprint density at radius 1 is 1.27 bits per heavy atom. The van der Waals surface area contributed by atoms with Crippen LogP contribution in [-0.2, 0) is 10.8 Å². The Labute approximate surface area is 96.7 Å². The van der Waals surface area contributed by atoms with Crippen LogP contribution in [0.15, 0.2) is 0 Å². The predicted molar refractivity (Wildman–Crippen MR) is 67.6 cm³/mol. The van der Waals surface area contributed by atoms with Crippen LogP contribution in [0.25, 0.3) is 0 Å². The van der Waals surface area contributed by atoms with E-state index in [9.17, 15) is 4.21 Å². The molecular weight excluding hydrogens is 206 g/mol. The molecule has 1 saturated carbocycles. The van der Waals surface area contributed by atoms with E-state index in [1.165, 1.54) is 25.7 Å². The molecule has 1 aliphatic rings. The third-order valence-corrected chi connectivity index (χ3v) is 4.76. The maximum absolute atomic E-state index is 11.9. The van der Waals surface area contributed by atoms with Gasteiger partial charge in [0.25, 0.3) is 0 Å². The van der Waals surface area contributed by atoms with Crippen molar-refractivity contribution in [2.45, 2.75) is 63.7 Å². The first-order valence-electron chi connectivity index (χ1n) is 6.11. The lowest BCUT2D eigenvalue weighted by Crippen LogP contribution is -2.37. The van der Waals surface area contributed by atoms with Crippen LogP contribution in [0.1, 0.15) is 52.9 Å². The van der Waals surface area contributed by atoms with E-state index in [0.29, 0.717) is 5.25 Å². The maximum atomic E-state index is 11.9. The van der Waals surface area contributed by atoms with Crippen LogP contribution in [0.5, 0.6) is 0 Å². The van der Waals surface area contributed by atoms with Crippen LogP contribution in [0.4, 0.5) is 0 Å². The Morgan fingerprint density at radius 3 is 2.40 bits per heavy atom. The molecule has 2 nitrogen and oxygen atoms in total. The normalized spacial score (nSPS) is 20.7. The van der Waals surface area contributed by atoms with Gasteiger partial charge >= 0.3 is 0 Å². The highest BCUT2D eigenvalue weighted by atomic mass is 32.2. The highest BCUT2D eigenvalue weighted by molar-refractivity contribution is 7.85. The standard InChI is InChI=1S/C12H25NOS/c1-12(2,3)13-9-6-10-15(14)11-7-4-5-8-11/h11,13H,4-10H2,1-3H3. The van der Waals surface area contributed by atoms with Crippen LogP contribution >= 0.6 is 0 Å². The molecule has 1 rings (SSSR count). The van der Waals surface area contributed by atoms with Crippen molar-refractivity contribution in [1.82, 2.24) is 5.32 Å². The number of rotatable bonds is 5. The van der Waals surface area contributed by atoms with Crippen molar-refractivity contribution in [2.24, 2.45) is 0 Å². The average molecular weight is 231 g/mol. The molecule has 0 aromatic heterocycles. The molecule has 90 valence electrons. The molecule has 1 atom stereocenters. The third-order valence-electron chi connectivity index (χ3n) is 2.85. The van der Waals surface area contributed by atoms with Gasteiger partial charge in [0.2, 0.25) is 0 Å². The van der Waals surface area contributed by atoms with Crippen molar-refractivity contribution in [3.05, 3.63) is 0 Å². The molecule has 0 radical (unpaired) electrons. The van der Waals surface area contributed by atoms with Crippen LogP contribution in [0.2, 0.25) is 0 Å². The van der Waals surface area contributed by atoms with Gasteiger partial charge in [-0.3, -0.25) is 4.21 Å². The van der Waals surface area contributed by atoms with Crippen molar-refractivity contribution < 1.29 is 4.21 Å². The lowest BCUT2D eigenvalue weighted by atomic mass is 10.1. The molecule has 0 spiro atoms. The summed E-state index contributed by atoms with van der Waals surface area (Å²) < 4.78 is 11.9. The molecule has 0 heterocycles. The summed E-state index contributed by atoms with van der Waals surface area (Å²) in [5.74, 6) is 0.883. The van der Waals surface area contributed by atoms with Gasteiger partial charge in [0.05, 0.1) is 0 Å². The second kappa shape index (κ2) is 6.00. The van der Waals surface area contributed by atoms with Crippen molar-refractivity contribution in [2.75, 3.05) is 12.3 Å². The lowest BCUT2D eigenvalue weighted by Gasteiger charge is -2.20. The lowest BCUT2D eigenvalue weighted by molar-refractivity contribution is 0.427. The molecule has 0 aromatic carbocycles.